The van der Waals surface area contributed by atoms with E-state index in [1.807, 2.05) is 36.4 Å². The Hall–Kier alpha value is -1.81. The third kappa shape index (κ3) is 3.74. The maximum atomic E-state index is 12.6. The molecule has 1 aliphatic rings. The number of hydrogen-bond donors (Lipinski definition) is 1. The fourth-order valence-electron chi connectivity index (χ4n) is 3.30. The number of carbonyl (C=O) groups excluding carboxylic acids is 1. The van der Waals surface area contributed by atoms with Crippen LogP contribution in [0.4, 0.5) is 0 Å². The Bertz CT molecular complexity index is 791. The zero-order chi connectivity index (χ0) is 18.0. The van der Waals surface area contributed by atoms with Gasteiger partial charge in [-0.25, -0.2) is 0 Å². The molecule has 1 saturated heterocycles. The van der Waals surface area contributed by atoms with E-state index in [0.717, 1.165) is 11.1 Å². The van der Waals surface area contributed by atoms with Crippen molar-refractivity contribution in [1.29, 1.82) is 0 Å². The van der Waals surface area contributed by atoms with Crippen molar-refractivity contribution in [3.05, 3.63) is 82.4 Å². The fraction of sp³-hybridized carbons (Fsp3) is 0.250. The van der Waals surface area contributed by atoms with Crippen molar-refractivity contribution in [3.8, 4) is 0 Å². The number of halogens is 2. The van der Waals surface area contributed by atoms with Gasteiger partial charge in [-0.05, 0) is 48.2 Å². The number of cyclic esters (lactones) is 1. The van der Waals surface area contributed by atoms with E-state index in [2.05, 4.69) is 6.58 Å². The Kier molecular flexibility index (Phi) is 5.19. The smallest absolute Gasteiger partial charge is 0.327 e. The van der Waals surface area contributed by atoms with Crippen LogP contribution < -0.4 is 5.73 Å². The summed E-state index contributed by atoms with van der Waals surface area (Å²) in [5.74, 6) is -0.520. The summed E-state index contributed by atoms with van der Waals surface area (Å²) in [7, 11) is 0. The first kappa shape index (κ1) is 18.0. The third-order valence-corrected chi connectivity index (χ3v) is 5.06. The molecular weight excluding hydrogens is 357 g/mol. The summed E-state index contributed by atoms with van der Waals surface area (Å²) in [6.07, 6.45) is 2.02. The second-order valence-corrected chi connectivity index (χ2v) is 7.26. The molecule has 1 heterocycles. The van der Waals surface area contributed by atoms with E-state index < -0.39 is 17.6 Å². The summed E-state index contributed by atoms with van der Waals surface area (Å²) in [6, 6.07) is 14.9. The molecule has 130 valence electrons. The quantitative estimate of drug-likeness (QED) is 0.601. The highest BCUT2D eigenvalue weighted by Gasteiger charge is 2.47. The Morgan fingerprint density at radius 1 is 1.16 bits per heavy atom. The standard InChI is InChI=1S/C20H19Cl2NO2/c1-2-10-20(23)12-17(14-4-3-5-16(22)11-14)18(25-19(20)24)13-6-8-15(21)9-7-13/h2-9,11,17-18H,1,10,12,23H2/t17-,18+,20-/m1/s1. The monoisotopic (exact) mass is 375 g/mol. The largest absolute Gasteiger partial charge is 0.455 e. The molecule has 3 nitrogen and oxygen atoms in total. The first-order valence-corrected chi connectivity index (χ1v) is 8.80. The second kappa shape index (κ2) is 7.20. The molecule has 0 aliphatic carbocycles. The van der Waals surface area contributed by atoms with E-state index in [1.165, 1.54) is 0 Å². The van der Waals surface area contributed by atoms with E-state index in [1.54, 1.807) is 18.2 Å². The van der Waals surface area contributed by atoms with Gasteiger partial charge in [-0.15, -0.1) is 6.58 Å². The van der Waals surface area contributed by atoms with Gasteiger partial charge in [-0.2, -0.15) is 0 Å². The zero-order valence-electron chi connectivity index (χ0n) is 13.6. The van der Waals surface area contributed by atoms with E-state index in [9.17, 15) is 4.79 Å². The van der Waals surface area contributed by atoms with Gasteiger partial charge in [0.25, 0.3) is 0 Å². The predicted octanol–water partition coefficient (Wildman–Crippen LogP) is 5.04. The first-order chi connectivity index (χ1) is 11.9. The Balaban J connectivity index is 2.03. The molecule has 0 amide bonds. The van der Waals surface area contributed by atoms with E-state index in [-0.39, 0.29) is 5.92 Å². The molecular formula is C20H19Cl2NO2. The molecule has 0 bridgehead atoms. The number of carbonyl (C=O) groups is 1. The summed E-state index contributed by atoms with van der Waals surface area (Å²) in [6.45, 7) is 3.71. The minimum Gasteiger partial charge on any atom is -0.455 e. The molecule has 1 fully saturated rings. The average molecular weight is 376 g/mol. The maximum Gasteiger partial charge on any atom is 0.327 e. The summed E-state index contributed by atoms with van der Waals surface area (Å²) in [5, 5.41) is 1.26. The molecule has 5 heteroatoms. The minimum atomic E-state index is -1.09. The van der Waals surface area contributed by atoms with Gasteiger partial charge in [0.15, 0.2) is 0 Å². The van der Waals surface area contributed by atoms with Crippen LogP contribution in [0.5, 0.6) is 0 Å². The zero-order valence-corrected chi connectivity index (χ0v) is 15.1. The van der Waals surface area contributed by atoms with Crippen LogP contribution in [0, 0.1) is 0 Å². The molecule has 0 unspecified atom stereocenters. The molecule has 25 heavy (non-hydrogen) atoms. The van der Waals surface area contributed by atoms with Crippen LogP contribution in [0.3, 0.4) is 0 Å². The van der Waals surface area contributed by atoms with Gasteiger partial charge in [0.2, 0.25) is 0 Å². The molecule has 2 N–H and O–H groups in total. The van der Waals surface area contributed by atoms with Crippen molar-refractivity contribution in [1.82, 2.24) is 0 Å². The fourth-order valence-corrected chi connectivity index (χ4v) is 3.63. The highest BCUT2D eigenvalue weighted by atomic mass is 35.5. The number of ether oxygens (including phenoxy) is 1. The third-order valence-electron chi connectivity index (χ3n) is 4.57. The first-order valence-electron chi connectivity index (χ1n) is 8.05. The lowest BCUT2D eigenvalue weighted by atomic mass is 9.75. The van der Waals surface area contributed by atoms with Crippen LogP contribution in [0.1, 0.15) is 36.0 Å². The van der Waals surface area contributed by atoms with Gasteiger partial charge in [0, 0.05) is 16.0 Å². The van der Waals surface area contributed by atoms with E-state index in [0.29, 0.717) is 22.9 Å². The second-order valence-electron chi connectivity index (χ2n) is 6.39. The van der Waals surface area contributed by atoms with Gasteiger partial charge in [-0.1, -0.05) is 53.5 Å². The lowest BCUT2D eigenvalue weighted by Crippen LogP contribution is -2.54. The minimum absolute atomic E-state index is 0.109. The van der Waals surface area contributed by atoms with Crippen molar-refractivity contribution in [2.45, 2.75) is 30.4 Å². The van der Waals surface area contributed by atoms with Crippen molar-refractivity contribution in [2.24, 2.45) is 5.73 Å². The number of rotatable bonds is 4. The summed E-state index contributed by atoms with van der Waals surface area (Å²) >= 11 is 12.2. The van der Waals surface area contributed by atoms with Gasteiger partial charge < -0.3 is 10.5 Å². The number of benzene rings is 2. The molecule has 0 saturated carbocycles. The summed E-state index contributed by atoms with van der Waals surface area (Å²) < 4.78 is 5.79. The summed E-state index contributed by atoms with van der Waals surface area (Å²) in [4.78, 5) is 12.6. The molecule has 2 aromatic rings. The molecule has 0 aromatic heterocycles. The lowest BCUT2D eigenvalue weighted by molar-refractivity contribution is -0.165. The number of esters is 1. The predicted molar refractivity (Wildman–Crippen MR) is 101 cm³/mol. The molecule has 0 spiro atoms. The van der Waals surface area contributed by atoms with Crippen LogP contribution in [0.15, 0.2) is 61.2 Å². The lowest BCUT2D eigenvalue weighted by Gasteiger charge is -2.41. The van der Waals surface area contributed by atoms with Gasteiger partial charge in [0.1, 0.15) is 11.6 Å². The normalized spacial score (nSPS) is 26.1. The molecule has 3 rings (SSSR count). The highest BCUT2D eigenvalue weighted by molar-refractivity contribution is 6.30. The van der Waals surface area contributed by atoms with Crippen molar-refractivity contribution >= 4 is 29.2 Å². The van der Waals surface area contributed by atoms with Crippen LogP contribution in [0.2, 0.25) is 10.0 Å². The maximum absolute atomic E-state index is 12.6. The van der Waals surface area contributed by atoms with Crippen LogP contribution in [-0.4, -0.2) is 11.5 Å². The van der Waals surface area contributed by atoms with Crippen molar-refractivity contribution in [3.63, 3.8) is 0 Å². The molecule has 1 aliphatic heterocycles. The van der Waals surface area contributed by atoms with Crippen LogP contribution in [-0.2, 0) is 9.53 Å². The number of nitrogens with two attached hydrogens (primary N) is 1. The van der Waals surface area contributed by atoms with Gasteiger partial charge in [0.05, 0.1) is 0 Å². The SMILES string of the molecule is C=CC[C@@]1(N)C[C@H](c2cccc(Cl)c2)[C@H](c2ccc(Cl)cc2)OC1=O. The van der Waals surface area contributed by atoms with E-state index in [4.69, 9.17) is 33.7 Å². The molecule has 0 radical (unpaired) electrons. The Morgan fingerprint density at radius 2 is 1.88 bits per heavy atom. The molecule has 2 aromatic carbocycles. The van der Waals surface area contributed by atoms with Crippen LogP contribution >= 0.6 is 23.2 Å². The topological polar surface area (TPSA) is 52.3 Å². The highest BCUT2D eigenvalue weighted by Crippen LogP contribution is 2.45. The summed E-state index contributed by atoms with van der Waals surface area (Å²) in [5.41, 5.74) is 7.12. The van der Waals surface area contributed by atoms with Gasteiger partial charge in [-0.3, -0.25) is 4.79 Å². The Morgan fingerprint density at radius 3 is 2.52 bits per heavy atom. The van der Waals surface area contributed by atoms with Crippen molar-refractivity contribution in [2.75, 3.05) is 0 Å². The average Bonchev–Trinajstić information content (AvgIpc) is 2.58. The van der Waals surface area contributed by atoms with Crippen LogP contribution in [0.25, 0.3) is 0 Å². The van der Waals surface area contributed by atoms with Crippen molar-refractivity contribution < 1.29 is 9.53 Å². The molecule has 3 atom stereocenters. The van der Waals surface area contributed by atoms with Gasteiger partial charge >= 0.3 is 5.97 Å². The Labute approximate surface area is 157 Å². The van der Waals surface area contributed by atoms with E-state index >= 15 is 0 Å². The number of hydrogen-bond acceptors (Lipinski definition) is 3.